The van der Waals surface area contributed by atoms with E-state index in [0.717, 1.165) is 21.5 Å². The summed E-state index contributed by atoms with van der Waals surface area (Å²) in [7, 11) is 0. The van der Waals surface area contributed by atoms with E-state index >= 15 is 0 Å². The van der Waals surface area contributed by atoms with E-state index in [0.29, 0.717) is 17.0 Å². The van der Waals surface area contributed by atoms with Gasteiger partial charge in [-0.2, -0.15) is 0 Å². The molecule has 4 aromatic rings. The Bertz CT molecular complexity index is 1160. The molecular formula is C21H17ClN2OS. The van der Waals surface area contributed by atoms with Gasteiger partial charge in [-0.1, -0.05) is 41.9 Å². The van der Waals surface area contributed by atoms with Crippen molar-refractivity contribution in [1.82, 2.24) is 9.55 Å². The van der Waals surface area contributed by atoms with Crippen molar-refractivity contribution in [3.63, 3.8) is 0 Å². The second kappa shape index (κ2) is 6.71. The van der Waals surface area contributed by atoms with Gasteiger partial charge in [0.2, 0.25) is 0 Å². The molecule has 0 N–H and O–H groups in total. The molecule has 0 aliphatic rings. The van der Waals surface area contributed by atoms with Gasteiger partial charge < -0.3 is 0 Å². The summed E-state index contributed by atoms with van der Waals surface area (Å²) in [6, 6.07) is 13.8. The molecule has 0 atom stereocenters. The molecule has 26 heavy (non-hydrogen) atoms. The number of benzene rings is 2. The van der Waals surface area contributed by atoms with Crippen molar-refractivity contribution in [3.8, 4) is 11.1 Å². The van der Waals surface area contributed by atoms with Crippen molar-refractivity contribution in [1.29, 1.82) is 0 Å². The van der Waals surface area contributed by atoms with E-state index in [4.69, 9.17) is 11.6 Å². The number of hydrogen-bond donors (Lipinski definition) is 0. The number of hydrogen-bond acceptors (Lipinski definition) is 3. The first-order valence-corrected chi connectivity index (χ1v) is 9.57. The van der Waals surface area contributed by atoms with Gasteiger partial charge in [-0.3, -0.25) is 9.36 Å². The van der Waals surface area contributed by atoms with Crippen LogP contribution in [0.2, 0.25) is 5.02 Å². The number of thiophene rings is 1. The Morgan fingerprint density at radius 2 is 1.85 bits per heavy atom. The quantitative estimate of drug-likeness (QED) is 0.474. The lowest BCUT2D eigenvalue weighted by Gasteiger charge is -2.07. The maximum Gasteiger partial charge on any atom is 0.263 e. The third kappa shape index (κ3) is 3.06. The summed E-state index contributed by atoms with van der Waals surface area (Å²) in [5.41, 5.74) is 5.47. The number of halogens is 1. The first-order valence-electron chi connectivity index (χ1n) is 8.31. The number of aromatic nitrogens is 2. The normalized spacial score (nSPS) is 11.2. The van der Waals surface area contributed by atoms with E-state index < -0.39 is 0 Å². The van der Waals surface area contributed by atoms with Crippen LogP contribution in [0.4, 0.5) is 0 Å². The molecule has 0 aliphatic heterocycles. The molecule has 0 spiro atoms. The van der Waals surface area contributed by atoms with Gasteiger partial charge in [0.15, 0.2) is 0 Å². The van der Waals surface area contributed by atoms with Gasteiger partial charge in [-0.25, -0.2) is 4.98 Å². The van der Waals surface area contributed by atoms with Gasteiger partial charge in [-0.05, 0) is 48.2 Å². The van der Waals surface area contributed by atoms with Crippen LogP contribution in [0.3, 0.4) is 0 Å². The van der Waals surface area contributed by atoms with E-state index in [1.165, 1.54) is 22.5 Å². The molecule has 0 amide bonds. The smallest absolute Gasteiger partial charge is 0.263 e. The van der Waals surface area contributed by atoms with Crippen LogP contribution in [0.15, 0.2) is 59.0 Å². The second-order valence-corrected chi connectivity index (χ2v) is 7.73. The zero-order valence-corrected chi connectivity index (χ0v) is 16.1. The standard InChI is InChI=1S/C21H17ClN2OS/c1-13-3-6-16(9-14(13)2)18-11-26-20-19(18)21(25)24(12-23-20)10-15-4-7-17(22)8-5-15/h3-9,11-12H,10H2,1-2H3. The molecule has 0 unspecified atom stereocenters. The molecule has 4 rings (SSSR count). The molecule has 5 heteroatoms. The minimum absolute atomic E-state index is 0.0144. The fourth-order valence-corrected chi connectivity index (χ4v) is 4.02. The molecule has 0 radical (unpaired) electrons. The van der Waals surface area contributed by atoms with Crippen LogP contribution in [-0.4, -0.2) is 9.55 Å². The predicted octanol–water partition coefficient (Wildman–Crippen LogP) is 5.44. The summed E-state index contributed by atoms with van der Waals surface area (Å²) in [5.74, 6) is 0. The van der Waals surface area contributed by atoms with Gasteiger partial charge in [0.05, 0.1) is 18.3 Å². The van der Waals surface area contributed by atoms with Gasteiger partial charge >= 0.3 is 0 Å². The average molecular weight is 381 g/mol. The molecule has 2 aromatic carbocycles. The number of rotatable bonds is 3. The SMILES string of the molecule is Cc1ccc(-c2csc3ncn(Cc4ccc(Cl)cc4)c(=O)c23)cc1C. The van der Waals surface area contributed by atoms with Crippen LogP contribution in [0.25, 0.3) is 21.3 Å². The van der Waals surface area contributed by atoms with Crippen LogP contribution in [-0.2, 0) is 6.54 Å². The monoisotopic (exact) mass is 380 g/mol. The number of aryl methyl sites for hydroxylation is 2. The van der Waals surface area contributed by atoms with Crippen LogP contribution >= 0.6 is 22.9 Å². The van der Waals surface area contributed by atoms with Gasteiger partial charge in [0.1, 0.15) is 4.83 Å². The molecule has 0 saturated heterocycles. The van der Waals surface area contributed by atoms with Crippen molar-refractivity contribution in [3.05, 3.63) is 86.2 Å². The van der Waals surface area contributed by atoms with Crippen molar-refractivity contribution in [2.24, 2.45) is 0 Å². The van der Waals surface area contributed by atoms with Crippen molar-refractivity contribution < 1.29 is 0 Å². The maximum atomic E-state index is 13.1. The minimum Gasteiger partial charge on any atom is -0.294 e. The summed E-state index contributed by atoms with van der Waals surface area (Å²) >= 11 is 7.45. The molecule has 2 heterocycles. The third-order valence-corrected chi connectivity index (χ3v) is 5.78. The Hall–Kier alpha value is -2.43. The van der Waals surface area contributed by atoms with E-state index in [1.54, 1.807) is 10.9 Å². The Morgan fingerprint density at radius 1 is 1.08 bits per heavy atom. The van der Waals surface area contributed by atoms with Gasteiger partial charge in [-0.15, -0.1) is 11.3 Å². The minimum atomic E-state index is -0.0144. The van der Waals surface area contributed by atoms with Crippen molar-refractivity contribution in [2.45, 2.75) is 20.4 Å². The molecule has 0 fully saturated rings. The average Bonchev–Trinajstić information content (AvgIpc) is 3.06. The zero-order chi connectivity index (χ0) is 18.3. The Morgan fingerprint density at radius 3 is 2.58 bits per heavy atom. The van der Waals surface area contributed by atoms with E-state index in [2.05, 4.69) is 37.0 Å². The van der Waals surface area contributed by atoms with Crippen LogP contribution in [0.1, 0.15) is 16.7 Å². The van der Waals surface area contributed by atoms with Gasteiger partial charge in [0, 0.05) is 16.0 Å². The molecule has 0 aliphatic carbocycles. The maximum absolute atomic E-state index is 13.1. The molecular weight excluding hydrogens is 364 g/mol. The Balaban J connectivity index is 1.82. The molecule has 130 valence electrons. The predicted molar refractivity (Wildman–Crippen MR) is 109 cm³/mol. The first-order chi connectivity index (χ1) is 12.5. The van der Waals surface area contributed by atoms with E-state index in [9.17, 15) is 4.79 Å². The fraction of sp³-hybridized carbons (Fsp3) is 0.143. The summed E-state index contributed by atoms with van der Waals surface area (Å²) in [6.07, 6.45) is 1.62. The molecule has 0 saturated carbocycles. The van der Waals surface area contributed by atoms with E-state index in [-0.39, 0.29) is 5.56 Å². The largest absolute Gasteiger partial charge is 0.294 e. The highest BCUT2D eigenvalue weighted by atomic mass is 35.5. The first kappa shape index (κ1) is 17.0. The van der Waals surface area contributed by atoms with Crippen LogP contribution < -0.4 is 5.56 Å². The summed E-state index contributed by atoms with van der Waals surface area (Å²) in [4.78, 5) is 18.4. The molecule has 0 bridgehead atoms. The third-order valence-electron chi connectivity index (χ3n) is 4.64. The molecule has 2 aromatic heterocycles. The summed E-state index contributed by atoms with van der Waals surface area (Å²) < 4.78 is 1.66. The number of fused-ring (bicyclic) bond motifs is 1. The van der Waals surface area contributed by atoms with E-state index in [1.807, 2.05) is 29.6 Å². The van der Waals surface area contributed by atoms with Crippen LogP contribution in [0, 0.1) is 13.8 Å². The highest BCUT2D eigenvalue weighted by molar-refractivity contribution is 7.17. The van der Waals surface area contributed by atoms with Crippen molar-refractivity contribution >= 4 is 33.2 Å². The Labute approximate surface area is 160 Å². The van der Waals surface area contributed by atoms with Crippen molar-refractivity contribution in [2.75, 3.05) is 0 Å². The summed E-state index contributed by atoms with van der Waals surface area (Å²) in [5, 5.41) is 3.40. The Kier molecular flexibility index (Phi) is 4.39. The van der Waals surface area contributed by atoms with Crippen LogP contribution in [0.5, 0.6) is 0 Å². The zero-order valence-electron chi connectivity index (χ0n) is 14.5. The second-order valence-electron chi connectivity index (χ2n) is 6.43. The lowest BCUT2D eigenvalue weighted by molar-refractivity contribution is 0.749. The lowest BCUT2D eigenvalue weighted by Crippen LogP contribution is -2.20. The fourth-order valence-electron chi connectivity index (χ4n) is 2.99. The lowest BCUT2D eigenvalue weighted by atomic mass is 10.0. The topological polar surface area (TPSA) is 34.9 Å². The molecule has 3 nitrogen and oxygen atoms in total. The number of nitrogens with zero attached hydrogens (tertiary/aromatic N) is 2. The van der Waals surface area contributed by atoms with Gasteiger partial charge in [0.25, 0.3) is 5.56 Å². The highest BCUT2D eigenvalue weighted by Crippen LogP contribution is 2.31. The highest BCUT2D eigenvalue weighted by Gasteiger charge is 2.14. The summed E-state index contributed by atoms with van der Waals surface area (Å²) in [6.45, 7) is 4.65.